The minimum atomic E-state index is -0.747. The predicted molar refractivity (Wildman–Crippen MR) is 86.0 cm³/mol. The van der Waals surface area contributed by atoms with Gasteiger partial charge in [0.25, 0.3) is 0 Å². The van der Waals surface area contributed by atoms with Gasteiger partial charge in [0.2, 0.25) is 5.91 Å². The van der Waals surface area contributed by atoms with E-state index in [2.05, 4.69) is 12.2 Å². The summed E-state index contributed by atoms with van der Waals surface area (Å²) in [6, 6.07) is 4.26. The fourth-order valence-corrected chi connectivity index (χ4v) is 3.35. The van der Waals surface area contributed by atoms with Gasteiger partial charge in [0, 0.05) is 24.9 Å². The number of aromatic hydroxyl groups is 1. The van der Waals surface area contributed by atoms with E-state index in [1.54, 1.807) is 0 Å². The van der Waals surface area contributed by atoms with Crippen LogP contribution in [0.1, 0.15) is 38.2 Å². The van der Waals surface area contributed by atoms with Crippen LogP contribution in [-0.2, 0) is 20.7 Å². The molecule has 132 valence electrons. The highest BCUT2D eigenvalue weighted by Crippen LogP contribution is 2.39. The summed E-state index contributed by atoms with van der Waals surface area (Å²) >= 11 is 0. The Hall–Kier alpha value is -1.66. The van der Waals surface area contributed by atoms with E-state index in [4.69, 9.17) is 9.47 Å². The standard InChI is InChI=1S/C18H24FNO4/c1-12-5-7-18(8-6-12)23-11-14(24-18)10-20-16(22)9-13-3-2-4-15(21)17(13)19/h2-4,12,14,21H,5-11H2,1H3,(H,20,22)/t12?,14-,18?/m0/s1. The van der Waals surface area contributed by atoms with Crippen LogP contribution in [0.5, 0.6) is 5.75 Å². The molecular formula is C18H24FNO4. The van der Waals surface area contributed by atoms with Crippen LogP contribution in [0.15, 0.2) is 18.2 Å². The maximum atomic E-state index is 13.7. The van der Waals surface area contributed by atoms with E-state index in [1.165, 1.54) is 18.2 Å². The second-order valence-corrected chi connectivity index (χ2v) is 6.88. The third-order valence-electron chi connectivity index (χ3n) is 4.89. The third-order valence-corrected chi connectivity index (χ3v) is 4.89. The van der Waals surface area contributed by atoms with Crippen molar-refractivity contribution < 1.29 is 23.8 Å². The Bertz CT molecular complexity index is 599. The molecule has 1 aliphatic carbocycles. The number of carbonyl (C=O) groups excluding carboxylic acids is 1. The minimum Gasteiger partial charge on any atom is -0.505 e. The molecule has 1 atom stereocenters. The Balaban J connectivity index is 1.46. The van der Waals surface area contributed by atoms with Crippen molar-refractivity contribution >= 4 is 5.91 Å². The lowest BCUT2D eigenvalue weighted by Gasteiger charge is -2.34. The van der Waals surface area contributed by atoms with Gasteiger partial charge in [0.05, 0.1) is 13.0 Å². The summed E-state index contributed by atoms with van der Waals surface area (Å²) in [5.74, 6) is -1.26. The molecule has 2 fully saturated rings. The number of ether oxygens (including phenoxy) is 2. The molecule has 2 aliphatic rings. The molecule has 2 N–H and O–H groups in total. The quantitative estimate of drug-likeness (QED) is 0.886. The number of hydrogen-bond donors (Lipinski definition) is 2. The monoisotopic (exact) mass is 337 g/mol. The van der Waals surface area contributed by atoms with Crippen LogP contribution in [0.4, 0.5) is 4.39 Å². The maximum Gasteiger partial charge on any atom is 0.224 e. The van der Waals surface area contributed by atoms with Crippen molar-refractivity contribution in [1.29, 1.82) is 0 Å². The molecule has 0 bridgehead atoms. The lowest BCUT2D eigenvalue weighted by molar-refractivity contribution is -0.191. The summed E-state index contributed by atoms with van der Waals surface area (Å²) in [6.07, 6.45) is 3.69. The lowest BCUT2D eigenvalue weighted by atomic mass is 9.86. The van der Waals surface area contributed by atoms with Crippen LogP contribution in [0.2, 0.25) is 0 Å². The highest BCUT2D eigenvalue weighted by molar-refractivity contribution is 5.78. The van der Waals surface area contributed by atoms with Crippen molar-refractivity contribution in [2.75, 3.05) is 13.2 Å². The average Bonchev–Trinajstić information content (AvgIpc) is 2.96. The second-order valence-electron chi connectivity index (χ2n) is 6.88. The Morgan fingerprint density at radius 2 is 2.17 bits per heavy atom. The van der Waals surface area contributed by atoms with Gasteiger partial charge in [0.1, 0.15) is 6.10 Å². The summed E-state index contributed by atoms with van der Waals surface area (Å²) in [5.41, 5.74) is 0.175. The molecule has 6 heteroatoms. The Morgan fingerprint density at radius 1 is 1.42 bits per heavy atom. The molecule has 3 rings (SSSR count). The number of phenols is 1. The van der Waals surface area contributed by atoms with Crippen LogP contribution in [0.25, 0.3) is 0 Å². The van der Waals surface area contributed by atoms with Gasteiger partial charge in [-0.3, -0.25) is 4.79 Å². The topological polar surface area (TPSA) is 67.8 Å². The maximum absolute atomic E-state index is 13.7. The minimum absolute atomic E-state index is 0.115. The Kier molecular flexibility index (Phi) is 5.06. The Morgan fingerprint density at radius 3 is 2.92 bits per heavy atom. The zero-order valence-electron chi connectivity index (χ0n) is 13.9. The molecule has 1 saturated carbocycles. The first-order valence-electron chi connectivity index (χ1n) is 8.52. The SMILES string of the molecule is CC1CCC2(CC1)OC[C@H](CNC(=O)Cc1cccc(O)c1F)O2. The van der Waals surface area contributed by atoms with Gasteiger partial charge in [-0.15, -0.1) is 0 Å². The first-order chi connectivity index (χ1) is 11.5. The molecule has 5 nitrogen and oxygen atoms in total. The van der Waals surface area contributed by atoms with Crippen molar-refractivity contribution in [3.05, 3.63) is 29.6 Å². The van der Waals surface area contributed by atoms with Crippen LogP contribution in [0.3, 0.4) is 0 Å². The molecule has 1 aromatic rings. The zero-order valence-corrected chi connectivity index (χ0v) is 13.9. The number of halogens is 1. The van der Waals surface area contributed by atoms with Crippen LogP contribution >= 0.6 is 0 Å². The van der Waals surface area contributed by atoms with Gasteiger partial charge in [-0.1, -0.05) is 19.1 Å². The number of carbonyl (C=O) groups is 1. The van der Waals surface area contributed by atoms with Gasteiger partial charge < -0.3 is 19.9 Å². The molecule has 1 saturated heterocycles. The smallest absolute Gasteiger partial charge is 0.224 e. The van der Waals surface area contributed by atoms with E-state index in [1.807, 2.05) is 0 Å². The highest BCUT2D eigenvalue weighted by Gasteiger charge is 2.43. The largest absolute Gasteiger partial charge is 0.505 e. The van der Waals surface area contributed by atoms with Gasteiger partial charge in [0.15, 0.2) is 17.4 Å². The number of rotatable bonds is 4. The predicted octanol–water partition coefficient (Wildman–Crippen LogP) is 2.51. The molecule has 1 spiro atoms. The van der Waals surface area contributed by atoms with Crippen molar-refractivity contribution in [3.63, 3.8) is 0 Å². The summed E-state index contributed by atoms with van der Waals surface area (Å²) in [6.45, 7) is 3.05. The van der Waals surface area contributed by atoms with Gasteiger partial charge in [-0.25, -0.2) is 4.39 Å². The molecule has 1 aromatic carbocycles. The Labute approximate surface area is 141 Å². The fraction of sp³-hybridized carbons (Fsp3) is 0.611. The first-order valence-corrected chi connectivity index (χ1v) is 8.52. The molecule has 0 unspecified atom stereocenters. The van der Waals surface area contributed by atoms with E-state index in [-0.39, 0.29) is 24.0 Å². The zero-order chi connectivity index (χ0) is 17.2. The van der Waals surface area contributed by atoms with Gasteiger partial charge >= 0.3 is 0 Å². The van der Waals surface area contributed by atoms with Gasteiger partial charge in [-0.05, 0) is 24.8 Å². The lowest BCUT2D eigenvalue weighted by Crippen LogP contribution is -2.38. The van der Waals surface area contributed by atoms with Crippen LogP contribution in [-0.4, -0.2) is 36.1 Å². The molecule has 1 amide bonds. The third kappa shape index (κ3) is 3.87. The van der Waals surface area contributed by atoms with Crippen molar-refractivity contribution in [1.82, 2.24) is 5.32 Å². The summed E-state index contributed by atoms with van der Waals surface area (Å²) < 4.78 is 25.6. The number of benzene rings is 1. The molecule has 24 heavy (non-hydrogen) atoms. The molecule has 0 aromatic heterocycles. The molecule has 1 heterocycles. The number of hydrogen-bond acceptors (Lipinski definition) is 4. The van der Waals surface area contributed by atoms with E-state index in [0.717, 1.165) is 25.7 Å². The second kappa shape index (κ2) is 7.07. The summed E-state index contributed by atoms with van der Waals surface area (Å²) in [7, 11) is 0. The van der Waals surface area contributed by atoms with Gasteiger partial charge in [-0.2, -0.15) is 0 Å². The first kappa shape index (κ1) is 17.2. The number of phenolic OH excluding ortho intramolecular Hbond substituents is 1. The van der Waals surface area contributed by atoms with E-state index in [0.29, 0.717) is 19.1 Å². The van der Waals surface area contributed by atoms with E-state index >= 15 is 0 Å². The van der Waals surface area contributed by atoms with E-state index < -0.39 is 17.4 Å². The van der Waals surface area contributed by atoms with Crippen molar-refractivity contribution in [2.45, 2.75) is 50.9 Å². The molecule has 1 aliphatic heterocycles. The normalized spacial score (nSPS) is 29.8. The average molecular weight is 337 g/mol. The van der Waals surface area contributed by atoms with Crippen molar-refractivity contribution in [2.24, 2.45) is 5.92 Å². The fourth-order valence-electron chi connectivity index (χ4n) is 3.35. The summed E-state index contributed by atoms with van der Waals surface area (Å²) in [5, 5.41) is 12.1. The summed E-state index contributed by atoms with van der Waals surface area (Å²) in [4.78, 5) is 12.0. The number of nitrogens with one attached hydrogen (secondary N) is 1. The van der Waals surface area contributed by atoms with E-state index in [9.17, 15) is 14.3 Å². The van der Waals surface area contributed by atoms with Crippen LogP contribution < -0.4 is 5.32 Å². The molecular weight excluding hydrogens is 313 g/mol. The van der Waals surface area contributed by atoms with Crippen LogP contribution in [0, 0.1) is 11.7 Å². The molecule has 0 radical (unpaired) electrons. The highest BCUT2D eigenvalue weighted by atomic mass is 19.1. The number of amides is 1. The van der Waals surface area contributed by atoms with Crippen molar-refractivity contribution in [3.8, 4) is 5.75 Å².